The van der Waals surface area contributed by atoms with E-state index in [4.69, 9.17) is 18.9 Å². The third kappa shape index (κ3) is 2.24. The molecule has 5 heteroatoms. The van der Waals surface area contributed by atoms with Gasteiger partial charge in [-0.2, -0.15) is 0 Å². The maximum Gasteiger partial charge on any atom is 0.206 e. The zero-order valence-electron chi connectivity index (χ0n) is 17.2. The number of methoxy groups -OCH3 is 1. The molecule has 2 spiro atoms. The van der Waals surface area contributed by atoms with Crippen molar-refractivity contribution in [1.29, 1.82) is 0 Å². The predicted octanol–water partition coefficient (Wildman–Crippen LogP) is 3.44. The second-order valence-corrected chi connectivity index (χ2v) is 8.76. The van der Waals surface area contributed by atoms with Crippen molar-refractivity contribution in [2.75, 3.05) is 33.4 Å². The van der Waals surface area contributed by atoms with E-state index in [1.165, 1.54) is 11.1 Å². The van der Waals surface area contributed by atoms with Crippen LogP contribution in [0.1, 0.15) is 37.3 Å². The van der Waals surface area contributed by atoms with E-state index in [9.17, 15) is 0 Å². The molecule has 1 aromatic rings. The summed E-state index contributed by atoms with van der Waals surface area (Å²) in [6.45, 7) is 11.8. The molecule has 0 N–H and O–H groups in total. The molecule has 4 aliphatic rings. The first kappa shape index (κ1) is 18.5. The highest BCUT2D eigenvalue weighted by Gasteiger charge is 2.69. The minimum absolute atomic E-state index is 0.104. The number of benzene rings is 1. The van der Waals surface area contributed by atoms with Gasteiger partial charge in [-0.25, -0.2) is 0 Å². The maximum atomic E-state index is 6.74. The Kier molecular flexibility index (Phi) is 4.27. The molecule has 3 heterocycles. The summed E-state index contributed by atoms with van der Waals surface area (Å²) in [7, 11) is 1.72. The fourth-order valence-electron chi connectivity index (χ4n) is 6.57. The van der Waals surface area contributed by atoms with Crippen LogP contribution < -0.4 is 9.47 Å². The SMILES string of the molecule is C=CCN1CC[C@@]23c4c(C)ccc(OC)c4O[C@@H]2C2(CC[C@@H]3[C@@H]1C)OCCO2. The van der Waals surface area contributed by atoms with Gasteiger partial charge < -0.3 is 18.9 Å². The van der Waals surface area contributed by atoms with Crippen LogP contribution in [-0.4, -0.2) is 56.2 Å². The number of hydrogen-bond donors (Lipinski definition) is 0. The molecule has 4 atom stereocenters. The van der Waals surface area contributed by atoms with E-state index in [0.717, 1.165) is 43.9 Å². The summed E-state index contributed by atoms with van der Waals surface area (Å²) in [6, 6.07) is 4.65. The van der Waals surface area contributed by atoms with Gasteiger partial charge in [-0.05, 0) is 50.8 Å². The molecule has 0 amide bonds. The Morgan fingerprint density at radius 2 is 2.07 bits per heavy atom. The lowest BCUT2D eigenvalue weighted by molar-refractivity contribution is -0.259. The summed E-state index contributed by atoms with van der Waals surface area (Å²) >= 11 is 0. The summed E-state index contributed by atoms with van der Waals surface area (Å²) in [4.78, 5) is 2.56. The van der Waals surface area contributed by atoms with Crippen molar-refractivity contribution in [1.82, 2.24) is 4.90 Å². The van der Waals surface area contributed by atoms with Crippen LogP contribution in [0.25, 0.3) is 0 Å². The molecule has 1 aromatic carbocycles. The molecule has 3 fully saturated rings. The molecule has 5 rings (SSSR count). The molecule has 0 bridgehead atoms. The summed E-state index contributed by atoms with van der Waals surface area (Å²) in [6.07, 6.45) is 4.89. The Labute approximate surface area is 167 Å². The second-order valence-electron chi connectivity index (χ2n) is 8.76. The lowest BCUT2D eigenvalue weighted by Crippen LogP contribution is -2.68. The van der Waals surface area contributed by atoms with Crippen LogP contribution in [0.4, 0.5) is 0 Å². The second kappa shape index (κ2) is 6.48. The third-order valence-corrected chi connectivity index (χ3v) is 7.69. The molecule has 0 aromatic heterocycles. The van der Waals surface area contributed by atoms with E-state index in [1.54, 1.807) is 7.11 Å². The van der Waals surface area contributed by atoms with Gasteiger partial charge >= 0.3 is 0 Å². The van der Waals surface area contributed by atoms with Crippen molar-refractivity contribution < 1.29 is 18.9 Å². The van der Waals surface area contributed by atoms with Crippen LogP contribution in [-0.2, 0) is 14.9 Å². The Balaban J connectivity index is 1.69. The maximum absolute atomic E-state index is 6.74. The quantitative estimate of drug-likeness (QED) is 0.746. The molecule has 0 radical (unpaired) electrons. The standard InChI is InChI=1S/C23H31NO4/c1-5-11-24-12-10-22-17(16(24)3)8-9-23(26-13-14-27-23)21(22)28-20-18(25-4)7-6-15(2)19(20)22/h5-7,16-17,21H,1,8-14H2,2-4H3/t16-,17+,21-,22+/m0/s1. The molecule has 152 valence electrons. The van der Waals surface area contributed by atoms with Gasteiger partial charge in [0.15, 0.2) is 17.6 Å². The minimum Gasteiger partial charge on any atom is -0.493 e. The predicted molar refractivity (Wildman–Crippen MR) is 107 cm³/mol. The van der Waals surface area contributed by atoms with Crippen molar-refractivity contribution in [3.05, 3.63) is 35.9 Å². The zero-order valence-corrected chi connectivity index (χ0v) is 17.2. The highest BCUT2D eigenvalue weighted by molar-refractivity contribution is 5.59. The van der Waals surface area contributed by atoms with Crippen molar-refractivity contribution in [3.63, 3.8) is 0 Å². The molecule has 1 saturated carbocycles. The highest BCUT2D eigenvalue weighted by atomic mass is 16.8. The third-order valence-electron chi connectivity index (χ3n) is 7.69. The molecule has 3 aliphatic heterocycles. The summed E-state index contributed by atoms with van der Waals surface area (Å²) in [5, 5.41) is 0. The van der Waals surface area contributed by atoms with Gasteiger partial charge in [0.1, 0.15) is 0 Å². The Hall–Kier alpha value is -1.56. The van der Waals surface area contributed by atoms with Crippen LogP contribution in [0.5, 0.6) is 11.5 Å². The van der Waals surface area contributed by atoms with Gasteiger partial charge in [0, 0.05) is 30.0 Å². The number of likely N-dealkylation sites (tertiary alicyclic amines) is 1. The van der Waals surface area contributed by atoms with Crippen molar-refractivity contribution >= 4 is 0 Å². The average molecular weight is 386 g/mol. The van der Waals surface area contributed by atoms with Gasteiger partial charge in [0.25, 0.3) is 0 Å². The smallest absolute Gasteiger partial charge is 0.206 e. The van der Waals surface area contributed by atoms with Crippen LogP contribution in [0.3, 0.4) is 0 Å². The van der Waals surface area contributed by atoms with Crippen LogP contribution in [0.15, 0.2) is 24.8 Å². The van der Waals surface area contributed by atoms with Crippen molar-refractivity contribution in [2.24, 2.45) is 5.92 Å². The lowest BCUT2D eigenvalue weighted by Gasteiger charge is -2.58. The zero-order chi connectivity index (χ0) is 19.5. The number of hydrogen-bond acceptors (Lipinski definition) is 5. The van der Waals surface area contributed by atoms with Gasteiger partial charge in [0.2, 0.25) is 5.79 Å². The Morgan fingerprint density at radius 3 is 2.79 bits per heavy atom. The molecule has 2 saturated heterocycles. The summed E-state index contributed by atoms with van der Waals surface area (Å²) < 4.78 is 25.0. The first-order chi connectivity index (χ1) is 13.6. The molecule has 28 heavy (non-hydrogen) atoms. The number of rotatable bonds is 3. The van der Waals surface area contributed by atoms with Gasteiger partial charge in [-0.15, -0.1) is 6.58 Å². The number of fused-ring (bicyclic) bond motifs is 2. The fraction of sp³-hybridized carbons (Fsp3) is 0.652. The number of piperidine rings is 1. The Morgan fingerprint density at radius 1 is 1.29 bits per heavy atom. The average Bonchev–Trinajstić information content (AvgIpc) is 3.30. The van der Waals surface area contributed by atoms with Crippen LogP contribution >= 0.6 is 0 Å². The molecular formula is C23H31NO4. The lowest BCUT2D eigenvalue weighted by atomic mass is 9.54. The molecule has 1 aliphatic carbocycles. The molecule has 5 nitrogen and oxygen atoms in total. The molecular weight excluding hydrogens is 354 g/mol. The van der Waals surface area contributed by atoms with Crippen LogP contribution in [0, 0.1) is 12.8 Å². The van der Waals surface area contributed by atoms with Gasteiger partial charge in [0.05, 0.1) is 20.3 Å². The minimum atomic E-state index is -0.632. The monoisotopic (exact) mass is 385 g/mol. The largest absolute Gasteiger partial charge is 0.493 e. The van der Waals surface area contributed by atoms with Crippen molar-refractivity contribution in [3.8, 4) is 11.5 Å². The fourth-order valence-corrected chi connectivity index (χ4v) is 6.57. The first-order valence-corrected chi connectivity index (χ1v) is 10.5. The number of ether oxygens (including phenoxy) is 4. The van der Waals surface area contributed by atoms with Gasteiger partial charge in [-0.1, -0.05) is 12.1 Å². The van der Waals surface area contributed by atoms with E-state index in [2.05, 4.69) is 31.4 Å². The van der Waals surface area contributed by atoms with E-state index >= 15 is 0 Å². The van der Waals surface area contributed by atoms with Crippen LogP contribution in [0.2, 0.25) is 0 Å². The van der Waals surface area contributed by atoms with E-state index in [1.807, 2.05) is 12.1 Å². The summed E-state index contributed by atoms with van der Waals surface area (Å²) in [5.41, 5.74) is 2.50. The topological polar surface area (TPSA) is 40.2 Å². The number of nitrogens with zero attached hydrogens (tertiary/aromatic N) is 1. The van der Waals surface area contributed by atoms with E-state index < -0.39 is 5.79 Å². The highest BCUT2D eigenvalue weighted by Crippen LogP contribution is 2.64. The summed E-state index contributed by atoms with van der Waals surface area (Å²) in [5.74, 6) is 1.57. The number of aryl methyl sites for hydroxylation is 1. The van der Waals surface area contributed by atoms with Crippen molar-refractivity contribution in [2.45, 2.75) is 56.5 Å². The first-order valence-electron chi connectivity index (χ1n) is 10.5. The normalized spacial score (nSPS) is 35.8. The van der Waals surface area contributed by atoms with E-state index in [-0.39, 0.29) is 11.5 Å². The Bertz CT molecular complexity index is 787. The van der Waals surface area contributed by atoms with E-state index in [0.29, 0.717) is 25.2 Å². The molecule has 0 unspecified atom stereocenters. The van der Waals surface area contributed by atoms with Gasteiger partial charge in [-0.3, -0.25) is 4.90 Å².